The van der Waals surface area contributed by atoms with Gasteiger partial charge in [-0.1, -0.05) is 269 Å². The molecule has 0 saturated carbocycles. The Kier molecular flexibility index (Phi) is 57.0. The topological polar surface area (TPSA) is 95.9 Å². The van der Waals surface area contributed by atoms with Crippen LogP contribution in [0.2, 0.25) is 0 Å². The minimum Gasteiger partial charge on any atom is -0.466 e. The average molecular weight is 971 g/mol. The molecule has 0 bridgehead atoms. The van der Waals surface area contributed by atoms with Crippen molar-refractivity contribution in [3.05, 3.63) is 36.5 Å². The normalized spacial score (nSPS) is 12.8. The van der Waals surface area contributed by atoms with Crippen LogP contribution in [0.5, 0.6) is 0 Å². The Balaban J connectivity index is 3.43. The lowest BCUT2D eigenvalue weighted by molar-refractivity contribution is -0.143. The molecule has 0 aliphatic heterocycles. The van der Waals surface area contributed by atoms with E-state index in [1.807, 2.05) is 0 Å². The zero-order chi connectivity index (χ0) is 50.0. The molecule has 2 unspecified atom stereocenters. The van der Waals surface area contributed by atoms with Gasteiger partial charge in [-0.15, -0.1) is 0 Å². The molecule has 2 atom stereocenters. The fourth-order valence-electron chi connectivity index (χ4n) is 9.43. The van der Waals surface area contributed by atoms with E-state index in [1.165, 1.54) is 244 Å². The molecule has 6 heteroatoms. The Labute approximate surface area is 430 Å². The number of rotatable bonds is 57. The summed E-state index contributed by atoms with van der Waals surface area (Å²) in [5.41, 5.74) is 0. The SMILES string of the molecule is CCCCC/C=C\C/C=C\CCCCCCCCCC(=O)OCCCCCCCCCCC/C=C\CCCCCCCCCC(=O)NC(CO)C(O)CCCCCCCCCCCCCCCCC. The highest BCUT2D eigenvalue weighted by atomic mass is 16.5. The summed E-state index contributed by atoms with van der Waals surface area (Å²) < 4.78 is 5.48. The first-order chi connectivity index (χ1) is 34.0. The van der Waals surface area contributed by atoms with Gasteiger partial charge in [0.1, 0.15) is 0 Å². The van der Waals surface area contributed by atoms with Crippen molar-refractivity contribution >= 4 is 11.9 Å². The van der Waals surface area contributed by atoms with Gasteiger partial charge in [-0.2, -0.15) is 0 Å². The molecule has 406 valence electrons. The standard InChI is InChI=1S/C63H119NO5/c1-3-5-7-9-11-13-15-17-19-24-29-33-37-41-45-49-53-57-63(68)69-58-54-50-46-42-38-34-30-26-23-21-20-22-25-28-32-36-40-44-48-52-56-62(67)64-60(59-65)61(66)55-51-47-43-39-35-31-27-18-16-14-12-10-8-6-4-2/h11,13,17,19-20,22,60-61,65-66H,3-10,12,14-16,18,21,23-59H2,1-2H3,(H,64,67)/b13-11-,19-17-,22-20-. The number of carbonyl (C=O) groups is 2. The van der Waals surface area contributed by atoms with Gasteiger partial charge in [0, 0.05) is 12.8 Å². The zero-order valence-corrected chi connectivity index (χ0v) is 46.3. The van der Waals surface area contributed by atoms with E-state index in [-0.39, 0.29) is 18.5 Å². The quantitative estimate of drug-likeness (QED) is 0.0321. The number of amides is 1. The molecule has 0 heterocycles. The van der Waals surface area contributed by atoms with Crippen LogP contribution in [0.4, 0.5) is 0 Å². The highest BCUT2D eigenvalue weighted by molar-refractivity contribution is 5.76. The number of hydrogen-bond acceptors (Lipinski definition) is 5. The molecule has 0 aromatic heterocycles. The number of carbonyl (C=O) groups excluding carboxylic acids is 2. The van der Waals surface area contributed by atoms with Gasteiger partial charge in [0.05, 0.1) is 25.4 Å². The molecule has 0 aliphatic carbocycles. The Morgan fingerprint density at radius 3 is 1.14 bits per heavy atom. The van der Waals surface area contributed by atoms with Gasteiger partial charge in [-0.05, 0) is 83.5 Å². The van der Waals surface area contributed by atoms with Crippen LogP contribution in [0.1, 0.15) is 328 Å². The fraction of sp³-hybridized carbons (Fsp3) is 0.873. The Morgan fingerprint density at radius 2 is 0.725 bits per heavy atom. The maximum absolute atomic E-state index is 12.5. The third kappa shape index (κ3) is 55.2. The van der Waals surface area contributed by atoms with Crippen LogP contribution in [0.25, 0.3) is 0 Å². The van der Waals surface area contributed by atoms with E-state index in [4.69, 9.17) is 4.74 Å². The lowest BCUT2D eigenvalue weighted by Gasteiger charge is -2.22. The largest absolute Gasteiger partial charge is 0.466 e. The average Bonchev–Trinajstić information content (AvgIpc) is 3.35. The molecule has 3 N–H and O–H groups in total. The number of ether oxygens (including phenoxy) is 1. The lowest BCUT2D eigenvalue weighted by atomic mass is 10.0. The van der Waals surface area contributed by atoms with Crippen LogP contribution in [0.3, 0.4) is 0 Å². The third-order valence-electron chi connectivity index (χ3n) is 14.2. The molecular formula is C63H119NO5. The van der Waals surface area contributed by atoms with Gasteiger partial charge < -0.3 is 20.3 Å². The molecule has 0 aromatic rings. The number of allylic oxidation sites excluding steroid dienone is 6. The van der Waals surface area contributed by atoms with E-state index >= 15 is 0 Å². The summed E-state index contributed by atoms with van der Waals surface area (Å²) in [5, 5.41) is 23.3. The predicted molar refractivity (Wildman–Crippen MR) is 301 cm³/mol. The second-order valence-electron chi connectivity index (χ2n) is 21.0. The summed E-state index contributed by atoms with van der Waals surface area (Å²) in [6.45, 7) is 4.93. The van der Waals surface area contributed by atoms with E-state index in [2.05, 4.69) is 55.6 Å². The first-order valence-corrected chi connectivity index (χ1v) is 30.7. The molecule has 0 spiro atoms. The van der Waals surface area contributed by atoms with Crippen molar-refractivity contribution in [2.24, 2.45) is 0 Å². The Morgan fingerprint density at radius 1 is 0.406 bits per heavy atom. The van der Waals surface area contributed by atoms with E-state index in [9.17, 15) is 19.8 Å². The van der Waals surface area contributed by atoms with Crippen LogP contribution in [0, 0.1) is 0 Å². The molecule has 0 aliphatic rings. The van der Waals surface area contributed by atoms with Crippen LogP contribution >= 0.6 is 0 Å². The highest BCUT2D eigenvalue weighted by Gasteiger charge is 2.20. The Bertz CT molecular complexity index is 1120. The first-order valence-electron chi connectivity index (χ1n) is 30.7. The number of nitrogens with one attached hydrogen (secondary N) is 1. The predicted octanol–water partition coefficient (Wildman–Crippen LogP) is 19.2. The number of hydrogen-bond donors (Lipinski definition) is 3. The first kappa shape index (κ1) is 67.1. The van der Waals surface area contributed by atoms with Crippen LogP contribution in [-0.2, 0) is 14.3 Å². The van der Waals surface area contributed by atoms with Crippen molar-refractivity contribution in [3.63, 3.8) is 0 Å². The molecule has 0 radical (unpaired) electrons. The summed E-state index contributed by atoms with van der Waals surface area (Å²) in [7, 11) is 0. The summed E-state index contributed by atoms with van der Waals surface area (Å²) in [6, 6.07) is -0.548. The third-order valence-corrected chi connectivity index (χ3v) is 14.2. The van der Waals surface area contributed by atoms with Crippen molar-refractivity contribution in [2.75, 3.05) is 13.2 Å². The number of aliphatic hydroxyl groups is 2. The van der Waals surface area contributed by atoms with Gasteiger partial charge in [0.25, 0.3) is 0 Å². The molecule has 69 heavy (non-hydrogen) atoms. The summed E-state index contributed by atoms with van der Waals surface area (Å²) in [6.07, 6.45) is 72.8. The second kappa shape index (κ2) is 58.6. The van der Waals surface area contributed by atoms with Crippen molar-refractivity contribution in [1.82, 2.24) is 5.32 Å². The molecule has 0 saturated heterocycles. The van der Waals surface area contributed by atoms with Gasteiger partial charge >= 0.3 is 5.97 Å². The fourth-order valence-corrected chi connectivity index (χ4v) is 9.43. The number of aliphatic hydroxyl groups excluding tert-OH is 2. The second-order valence-corrected chi connectivity index (χ2v) is 21.0. The van der Waals surface area contributed by atoms with Gasteiger partial charge in [0.15, 0.2) is 0 Å². The summed E-state index contributed by atoms with van der Waals surface area (Å²) in [5.74, 6) is -0.0440. The van der Waals surface area contributed by atoms with Gasteiger partial charge in [0.2, 0.25) is 5.91 Å². The molecular weight excluding hydrogens is 851 g/mol. The van der Waals surface area contributed by atoms with Gasteiger partial charge in [-0.25, -0.2) is 0 Å². The van der Waals surface area contributed by atoms with Crippen molar-refractivity contribution < 1.29 is 24.5 Å². The maximum Gasteiger partial charge on any atom is 0.305 e. The molecule has 0 fully saturated rings. The highest BCUT2D eigenvalue weighted by Crippen LogP contribution is 2.17. The molecule has 0 rings (SSSR count). The molecule has 0 aromatic carbocycles. The Hall–Kier alpha value is -1.92. The number of unbranched alkanes of at least 4 members (excludes halogenated alkanes) is 40. The van der Waals surface area contributed by atoms with Crippen molar-refractivity contribution in [2.45, 2.75) is 341 Å². The lowest BCUT2D eigenvalue weighted by Crippen LogP contribution is -2.45. The van der Waals surface area contributed by atoms with Crippen LogP contribution < -0.4 is 5.32 Å². The van der Waals surface area contributed by atoms with Crippen LogP contribution in [0.15, 0.2) is 36.5 Å². The van der Waals surface area contributed by atoms with E-state index < -0.39 is 12.1 Å². The summed E-state index contributed by atoms with van der Waals surface area (Å²) in [4.78, 5) is 24.6. The zero-order valence-electron chi connectivity index (χ0n) is 46.3. The van der Waals surface area contributed by atoms with E-state index in [0.717, 1.165) is 51.4 Å². The molecule has 1 amide bonds. The minimum absolute atomic E-state index is 0.00141. The van der Waals surface area contributed by atoms with Crippen LogP contribution in [-0.4, -0.2) is 47.4 Å². The minimum atomic E-state index is -0.670. The van der Waals surface area contributed by atoms with E-state index in [1.54, 1.807) is 0 Å². The van der Waals surface area contributed by atoms with Gasteiger partial charge in [-0.3, -0.25) is 9.59 Å². The molecule has 6 nitrogen and oxygen atoms in total. The van der Waals surface area contributed by atoms with Crippen molar-refractivity contribution in [3.8, 4) is 0 Å². The smallest absolute Gasteiger partial charge is 0.305 e. The maximum atomic E-state index is 12.5. The number of esters is 1. The summed E-state index contributed by atoms with van der Waals surface area (Å²) >= 11 is 0. The van der Waals surface area contributed by atoms with E-state index in [0.29, 0.717) is 25.9 Å². The monoisotopic (exact) mass is 970 g/mol. The van der Waals surface area contributed by atoms with Crippen molar-refractivity contribution in [1.29, 1.82) is 0 Å².